The molecule has 0 unspecified atom stereocenters. The van der Waals surface area contributed by atoms with Gasteiger partial charge in [0.1, 0.15) is 17.8 Å². The number of aliphatic hydroxyl groups is 5. The molecule has 0 saturated heterocycles. The summed E-state index contributed by atoms with van der Waals surface area (Å²) in [6.45, 7) is 0.837. The molecule has 24 heavy (non-hydrogen) atoms. The summed E-state index contributed by atoms with van der Waals surface area (Å²) < 4.78 is 5.01. The molecular formula is C17H35NO6. The minimum atomic E-state index is -1.78. The molecule has 1 aliphatic rings. The normalized spacial score (nSPS) is 33.8. The van der Waals surface area contributed by atoms with E-state index in [-0.39, 0.29) is 6.42 Å². The number of ether oxygens (including phenoxy) is 1. The highest BCUT2D eigenvalue weighted by Crippen LogP contribution is 2.29. The largest absolute Gasteiger partial charge is 0.393 e. The lowest BCUT2D eigenvalue weighted by molar-refractivity contribution is -0.206. The van der Waals surface area contributed by atoms with Crippen molar-refractivity contribution in [1.82, 2.24) is 5.32 Å². The number of methoxy groups -OCH3 is 1. The van der Waals surface area contributed by atoms with Gasteiger partial charge in [0.15, 0.2) is 0 Å². The van der Waals surface area contributed by atoms with Gasteiger partial charge in [-0.3, -0.25) is 0 Å². The fraction of sp³-hybridized carbons (Fsp3) is 1.00. The minimum Gasteiger partial charge on any atom is -0.393 e. The zero-order valence-electron chi connectivity index (χ0n) is 14.7. The molecule has 1 aliphatic carbocycles. The molecule has 0 aromatic rings. The molecule has 0 aliphatic heterocycles. The predicted octanol–water partition coefficient (Wildman–Crippen LogP) is -0.468. The molecule has 7 heteroatoms. The van der Waals surface area contributed by atoms with Crippen LogP contribution in [0.5, 0.6) is 0 Å². The third-order valence-electron chi connectivity index (χ3n) is 4.92. The highest BCUT2D eigenvalue weighted by molar-refractivity contribution is 5.04. The minimum absolute atomic E-state index is 0.00237. The molecule has 0 radical (unpaired) electrons. The van der Waals surface area contributed by atoms with Crippen LogP contribution in [-0.4, -0.2) is 82.4 Å². The van der Waals surface area contributed by atoms with Crippen LogP contribution in [0.4, 0.5) is 0 Å². The van der Waals surface area contributed by atoms with Crippen LogP contribution in [0, 0.1) is 0 Å². The van der Waals surface area contributed by atoms with Crippen molar-refractivity contribution in [2.45, 2.75) is 81.3 Å². The fourth-order valence-electron chi connectivity index (χ4n) is 3.26. The van der Waals surface area contributed by atoms with Crippen LogP contribution in [-0.2, 0) is 4.74 Å². The molecule has 0 aromatic heterocycles. The zero-order valence-corrected chi connectivity index (χ0v) is 14.7. The molecule has 0 spiro atoms. The molecular weight excluding hydrogens is 314 g/mol. The van der Waals surface area contributed by atoms with Crippen LogP contribution in [0.15, 0.2) is 0 Å². The summed E-state index contributed by atoms with van der Waals surface area (Å²) in [6.07, 6.45) is 3.72. The molecule has 0 bridgehead atoms. The van der Waals surface area contributed by atoms with Crippen LogP contribution in [0.2, 0.25) is 0 Å². The Morgan fingerprint density at radius 3 is 2.12 bits per heavy atom. The van der Waals surface area contributed by atoms with Crippen molar-refractivity contribution in [3.05, 3.63) is 0 Å². The van der Waals surface area contributed by atoms with E-state index in [4.69, 9.17) is 4.74 Å². The van der Waals surface area contributed by atoms with E-state index >= 15 is 0 Å². The van der Waals surface area contributed by atoms with Crippen molar-refractivity contribution in [3.63, 3.8) is 0 Å². The van der Waals surface area contributed by atoms with Crippen LogP contribution in [0.3, 0.4) is 0 Å². The van der Waals surface area contributed by atoms with Crippen molar-refractivity contribution >= 4 is 0 Å². The van der Waals surface area contributed by atoms with Gasteiger partial charge in [-0.25, -0.2) is 0 Å². The molecule has 6 N–H and O–H groups in total. The average Bonchev–Trinajstić information content (AvgIpc) is 2.59. The number of aliphatic hydroxyl groups excluding tert-OH is 4. The van der Waals surface area contributed by atoms with Gasteiger partial charge in [0.25, 0.3) is 0 Å². The lowest BCUT2D eigenvalue weighted by atomic mass is 9.76. The Hall–Kier alpha value is -0.280. The van der Waals surface area contributed by atoms with Crippen molar-refractivity contribution in [2.75, 3.05) is 26.9 Å². The SMILES string of the molecule is COCCCCCCCCCN[C@H]1C[C@](O)(CO)[C@@H](O)[C@H](O)[C@H]1O. The van der Waals surface area contributed by atoms with Gasteiger partial charge in [0, 0.05) is 19.8 Å². The van der Waals surface area contributed by atoms with Crippen LogP contribution in [0.25, 0.3) is 0 Å². The Kier molecular flexibility index (Phi) is 10.3. The second kappa shape index (κ2) is 11.4. The first-order chi connectivity index (χ1) is 11.5. The van der Waals surface area contributed by atoms with Crippen LogP contribution in [0.1, 0.15) is 51.4 Å². The van der Waals surface area contributed by atoms with Crippen molar-refractivity contribution in [2.24, 2.45) is 0 Å². The van der Waals surface area contributed by atoms with Gasteiger partial charge in [0.2, 0.25) is 0 Å². The van der Waals surface area contributed by atoms with Crippen LogP contribution < -0.4 is 5.32 Å². The fourth-order valence-corrected chi connectivity index (χ4v) is 3.26. The quantitative estimate of drug-likeness (QED) is 0.263. The molecule has 5 atom stereocenters. The third kappa shape index (κ3) is 6.55. The monoisotopic (exact) mass is 349 g/mol. The van der Waals surface area contributed by atoms with E-state index in [0.29, 0.717) is 6.54 Å². The molecule has 0 heterocycles. The highest BCUT2D eigenvalue weighted by atomic mass is 16.5. The molecule has 1 rings (SSSR count). The number of hydrogen-bond donors (Lipinski definition) is 6. The third-order valence-corrected chi connectivity index (χ3v) is 4.92. The van der Waals surface area contributed by atoms with E-state index in [2.05, 4.69) is 5.32 Å². The smallest absolute Gasteiger partial charge is 0.118 e. The molecule has 1 fully saturated rings. The highest BCUT2D eigenvalue weighted by Gasteiger charge is 2.50. The van der Waals surface area contributed by atoms with Gasteiger partial charge >= 0.3 is 0 Å². The first kappa shape index (κ1) is 21.8. The molecule has 7 nitrogen and oxygen atoms in total. The summed E-state index contributed by atoms with van der Waals surface area (Å²) in [4.78, 5) is 0. The Morgan fingerprint density at radius 1 is 0.958 bits per heavy atom. The summed E-state index contributed by atoms with van der Waals surface area (Å²) in [7, 11) is 1.72. The number of unbranched alkanes of at least 4 members (excludes halogenated alkanes) is 6. The van der Waals surface area contributed by atoms with E-state index in [9.17, 15) is 25.5 Å². The Labute approximate surface area is 144 Å². The second-order valence-electron chi connectivity index (χ2n) is 6.92. The summed E-state index contributed by atoms with van der Waals surface area (Å²) in [5.41, 5.74) is -1.78. The Morgan fingerprint density at radius 2 is 1.54 bits per heavy atom. The van der Waals surface area contributed by atoms with Crippen molar-refractivity contribution < 1.29 is 30.3 Å². The number of nitrogens with one attached hydrogen (secondary N) is 1. The second-order valence-corrected chi connectivity index (χ2v) is 6.92. The van der Waals surface area contributed by atoms with E-state index in [1.54, 1.807) is 7.11 Å². The van der Waals surface area contributed by atoms with Gasteiger partial charge in [0.05, 0.1) is 12.7 Å². The Balaban J connectivity index is 2.15. The lowest BCUT2D eigenvalue weighted by Gasteiger charge is -2.45. The van der Waals surface area contributed by atoms with E-state index in [1.807, 2.05) is 0 Å². The molecule has 0 aromatic carbocycles. The molecule has 0 amide bonds. The van der Waals surface area contributed by atoms with Crippen LogP contribution >= 0.6 is 0 Å². The molecule has 144 valence electrons. The standard InChI is InChI=1S/C17H35NO6/c1-24-10-8-6-4-2-3-5-7-9-18-13-11-17(23,12-19)16(22)15(21)14(13)20/h13-16,18-23H,2-12H2,1H3/t13-,14-,15+,16-,17-/m0/s1. The first-order valence-electron chi connectivity index (χ1n) is 9.06. The van der Waals surface area contributed by atoms with Gasteiger partial charge < -0.3 is 35.6 Å². The number of rotatable bonds is 12. The van der Waals surface area contributed by atoms with Gasteiger partial charge in [-0.05, 0) is 25.8 Å². The summed E-state index contributed by atoms with van der Waals surface area (Å²) in [5.74, 6) is 0. The maximum absolute atomic E-state index is 10.1. The maximum Gasteiger partial charge on any atom is 0.118 e. The Bertz CT molecular complexity index is 332. The summed E-state index contributed by atoms with van der Waals surface area (Å²) >= 11 is 0. The zero-order chi connectivity index (χ0) is 18.0. The first-order valence-corrected chi connectivity index (χ1v) is 9.06. The van der Waals surface area contributed by atoms with E-state index < -0.39 is 36.6 Å². The van der Waals surface area contributed by atoms with Gasteiger partial charge in [-0.1, -0.05) is 32.1 Å². The van der Waals surface area contributed by atoms with Gasteiger partial charge in [-0.15, -0.1) is 0 Å². The molecule has 1 saturated carbocycles. The van der Waals surface area contributed by atoms with E-state index in [1.165, 1.54) is 19.3 Å². The number of hydrogen-bond acceptors (Lipinski definition) is 7. The predicted molar refractivity (Wildman–Crippen MR) is 90.7 cm³/mol. The average molecular weight is 349 g/mol. The lowest BCUT2D eigenvalue weighted by Crippen LogP contribution is -2.66. The maximum atomic E-state index is 10.1. The van der Waals surface area contributed by atoms with Crippen molar-refractivity contribution in [1.29, 1.82) is 0 Å². The topological polar surface area (TPSA) is 122 Å². The van der Waals surface area contributed by atoms with Gasteiger partial charge in [-0.2, -0.15) is 0 Å². The summed E-state index contributed by atoms with van der Waals surface area (Å²) in [5, 5.41) is 52.1. The summed E-state index contributed by atoms with van der Waals surface area (Å²) in [6, 6.07) is -0.547. The van der Waals surface area contributed by atoms with E-state index in [0.717, 1.165) is 32.3 Å². The van der Waals surface area contributed by atoms with Crippen molar-refractivity contribution in [3.8, 4) is 0 Å².